The number of piperazine rings is 1. The number of allylic oxidation sites excluding steroid dienone is 2. The van der Waals surface area contributed by atoms with Crippen LogP contribution in [0.2, 0.25) is 5.02 Å². The Morgan fingerprint density at radius 2 is 1.75 bits per heavy atom. The largest absolute Gasteiger partial charge is 0.339 e. The third-order valence-corrected chi connectivity index (χ3v) is 4.56. The zero-order valence-electron chi connectivity index (χ0n) is 13.3. The molecule has 1 saturated heterocycles. The van der Waals surface area contributed by atoms with Gasteiger partial charge in [-0.3, -0.25) is 14.5 Å². The molecular weight excluding hydrogens is 326 g/mol. The highest BCUT2D eigenvalue weighted by atomic mass is 35.5. The first-order chi connectivity index (χ1) is 11.6. The quantitative estimate of drug-likeness (QED) is 0.910. The van der Waals surface area contributed by atoms with Gasteiger partial charge in [-0.25, -0.2) is 0 Å². The van der Waals surface area contributed by atoms with Crippen molar-refractivity contribution in [3.05, 3.63) is 53.6 Å². The summed E-state index contributed by atoms with van der Waals surface area (Å²) in [6.07, 6.45) is 7.62. The molecule has 0 spiro atoms. The molecule has 0 aromatic heterocycles. The van der Waals surface area contributed by atoms with Crippen molar-refractivity contribution in [2.24, 2.45) is 5.92 Å². The van der Waals surface area contributed by atoms with E-state index in [0.29, 0.717) is 43.4 Å². The third kappa shape index (κ3) is 4.04. The van der Waals surface area contributed by atoms with Crippen molar-refractivity contribution in [2.45, 2.75) is 0 Å². The predicted octanol–water partition coefficient (Wildman–Crippen LogP) is 2.16. The summed E-state index contributed by atoms with van der Waals surface area (Å²) in [4.78, 5) is 28.4. The Bertz CT molecular complexity index is 667. The van der Waals surface area contributed by atoms with Crippen LogP contribution in [-0.2, 0) is 9.59 Å². The summed E-state index contributed by atoms with van der Waals surface area (Å²) in [6.45, 7) is 2.99. The van der Waals surface area contributed by atoms with Gasteiger partial charge in [0.15, 0.2) is 0 Å². The van der Waals surface area contributed by atoms with Crippen LogP contribution in [0.3, 0.4) is 0 Å². The van der Waals surface area contributed by atoms with Crippen LogP contribution in [0.25, 0.3) is 0 Å². The van der Waals surface area contributed by atoms with Gasteiger partial charge >= 0.3 is 0 Å². The minimum atomic E-state index is -0.125. The van der Waals surface area contributed by atoms with E-state index < -0.39 is 0 Å². The normalized spacial score (nSPS) is 18.1. The third-order valence-electron chi connectivity index (χ3n) is 4.23. The highest BCUT2D eigenvalue weighted by molar-refractivity contribution is 6.33. The van der Waals surface area contributed by atoms with Gasteiger partial charge in [0.2, 0.25) is 11.8 Å². The van der Waals surface area contributed by atoms with Crippen LogP contribution in [0.5, 0.6) is 0 Å². The van der Waals surface area contributed by atoms with E-state index in [2.05, 4.69) is 10.2 Å². The standard InChI is InChI=1S/C18H20ClN3O2/c19-15-7-3-4-8-16(15)20-17(23)13-21-9-11-22(12-10-21)18(24)14-5-1-2-6-14/h1-8,14H,9-13H2,(H,20,23). The molecule has 0 radical (unpaired) electrons. The van der Waals surface area contributed by atoms with Gasteiger partial charge in [0.25, 0.3) is 0 Å². The number of carbonyl (C=O) groups excluding carboxylic acids is 2. The van der Waals surface area contributed by atoms with Crippen LogP contribution < -0.4 is 5.32 Å². The number of amides is 2. The number of hydrogen-bond acceptors (Lipinski definition) is 3. The number of benzene rings is 1. The number of rotatable bonds is 4. The minimum Gasteiger partial charge on any atom is -0.339 e. The molecule has 6 heteroatoms. The molecule has 1 aliphatic heterocycles. The molecule has 0 saturated carbocycles. The maximum atomic E-state index is 12.3. The van der Waals surface area contributed by atoms with E-state index in [4.69, 9.17) is 11.6 Å². The van der Waals surface area contributed by atoms with E-state index in [-0.39, 0.29) is 17.7 Å². The highest BCUT2D eigenvalue weighted by Gasteiger charge is 2.26. The first-order valence-electron chi connectivity index (χ1n) is 8.04. The Morgan fingerprint density at radius 1 is 1.08 bits per heavy atom. The summed E-state index contributed by atoms with van der Waals surface area (Å²) in [5.41, 5.74) is 0.623. The second kappa shape index (κ2) is 7.64. The van der Waals surface area contributed by atoms with E-state index in [9.17, 15) is 9.59 Å². The maximum absolute atomic E-state index is 12.3. The highest BCUT2D eigenvalue weighted by Crippen LogP contribution is 2.20. The molecule has 1 aliphatic carbocycles. The second-order valence-corrected chi connectivity index (χ2v) is 6.33. The fraction of sp³-hybridized carbons (Fsp3) is 0.333. The van der Waals surface area contributed by atoms with Gasteiger partial charge in [-0.15, -0.1) is 0 Å². The number of para-hydroxylation sites is 1. The molecule has 1 heterocycles. The molecule has 0 atom stereocenters. The number of hydrogen-bond donors (Lipinski definition) is 1. The lowest BCUT2D eigenvalue weighted by Crippen LogP contribution is -2.51. The van der Waals surface area contributed by atoms with Crippen molar-refractivity contribution in [3.8, 4) is 0 Å². The van der Waals surface area contributed by atoms with Crippen LogP contribution in [0, 0.1) is 5.92 Å². The number of carbonyl (C=O) groups is 2. The van der Waals surface area contributed by atoms with Crippen molar-refractivity contribution in [2.75, 3.05) is 38.0 Å². The lowest BCUT2D eigenvalue weighted by atomic mass is 10.1. The Labute approximate surface area is 146 Å². The van der Waals surface area contributed by atoms with Crippen LogP contribution in [-0.4, -0.2) is 54.3 Å². The summed E-state index contributed by atoms with van der Waals surface area (Å²) in [5, 5.41) is 3.35. The zero-order valence-corrected chi connectivity index (χ0v) is 14.1. The lowest BCUT2D eigenvalue weighted by molar-refractivity contribution is -0.134. The SMILES string of the molecule is O=C(CN1CCN(C(=O)C2C=CC=C2)CC1)Nc1ccccc1Cl. The number of anilines is 1. The summed E-state index contributed by atoms with van der Waals surface area (Å²) in [5.74, 6) is -0.0789. The number of nitrogens with zero attached hydrogens (tertiary/aromatic N) is 2. The number of halogens is 1. The molecule has 1 aromatic rings. The molecule has 0 bridgehead atoms. The molecule has 2 amide bonds. The summed E-state index contributed by atoms with van der Waals surface area (Å²) in [7, 11) is 0. The molecule has 2 aliphatic rings. The second-order valence-electron chi connectivity index (χ2n) is 5.93. The molecule has 1 N–H and O–H groups in total. The van der Waals surface area contributed by atoms with E-state index in [1.54, 1.807) is 12.1 Å². The summed E-state index contributed by atoms with van der Waals surface area (Å²) in [6, 6.07) is 7.17. The maximum Gasteiger partial charge on any atom is 0.238 e. The van der Waals surface area contributed by atoms with Crippen molar-refractivity contribution >= 4 is 29.1 Å². The van der Waals surface area contributed by atoms with E-state index >= 15 is 0 Å². The van der Waals surface area contributed by atoms with Gasteiger partial charge in [0.1, 0.15) is 0 Å². The fourth-order valence-electron chi connectivity index (χ4n) is 2.89. The van der Waals surface area contributed by atoms with Gasteiger partial charge < -0.3 is 10.2 Å². The Morgan fingerprint density at radius 3 is 2.42 bits per heavy atom. The first kappa shape index (κ1) is 16.7. The molecule has 24 heavy (non-hydrogen) atoms. The van der Waals surface area contributed by atoms with Gasteiger partial charge in [-0.1, -0.05) is 48.0 Å². The van der Waals surface area contributed by atoms with E-state index in [1.165, 1.54) is 0 Å². The van der Waals surface area contributed by atoms with Gasteiger partial charge in [0, 0.05) is 26.2 Å². The van der Waals surface area contributed by atoms with Crippen molar-refractivity contribution < 1.29 is 9.59 Å². The number of nitrogens with one attached hydrogen (secondary N) is 1. The minimum absolute atomic E-state index is 0.0930. The smallest absolute Gasteiger partial charge is 0.238 e. The van der Waals surface area contributed by atoms with Crippen LogP contribution in [0.1, 0.15) is 0 Å². The van der Waals surface area contributed by atoms with Gasteiger partial charge in [-0.2, -0.15) is 0 Å². The molecule has 126 valence electrons. The van der Waals surface area contributed by atoms with Crippen LogP contribution in [0.15, 0.2) is 48.6 Å². The van der Waals surface area contributed by atoms with Crippen molar-refractivity contribution in [1.29, 1.82) is 0 Å². The summed E-state index contributed by atoms with van der Waals surface area (Å²) >= 11 is 6.04. The molecule has 1 aromatic carbocycles. The molecular formula is C18H20ClN3O2. The average molecular weight is 346 g/mol. The first-order valence-corrected chi connectivity index (χ1v) is 8.42. The van der Waals surface area contributed by atoms with E-state index in [1.807, 2.05) is 41.3 Å². The molecule has 0 unspecified atom stereocenters. The lowest BCUT2D eigenvalue weighted by Gasteiger charge is -2.35. The van der Waals surface area contributed by atoms with Crippen LogP contribution >= 0.6 is 11.6 Å². The predicted molar refractivity (Wildman–Crippen MR) is 94.9 cm³/mol. The molecule has 3 rings (SSSR count). The average Bonchev–Trinajstić information content (AvgIpc) is 3.11. The van der Waals surface area contributed by atoms with Gasteiger partial charge in [-0.05, 0) is 12.1 Å². The molecule has 1 fully saturated rings. The Hall–Kier alpha value is -2.11. The van der Waals surface area contributed by atoms with E-state index in [0.717, 1.165) is 0 Å². The van der Waals surface area contributed by atoms with Gasteiger partial charge in [0.05, 0.1) is 23.2 Å². The van der Waals surface area contributed by atoms with Crippen molar-refractivity contribution in [3.63, 3.8) is 0 Å². The van der Waals surface area contributed by atoms with Crippen LogP contribution in [0.4, 0.5) is 5.69 Å². The zero-order chi connectivity index (χ0) is 16.9. The molecule has 5 nitrogen and oxygen atoms in total. The summed E-state index contributed by atoms with van der Waals surface area (Å²) < 4.78 is 0. The van der Waals surface area contributed by atoms with Crippen molar-refractivity contribution in [1.82, 2.24) is 9.80 Å². The Balaban J connectivity index is 1.46. The monoisotopic (exact) mass is 345 g/mol. The Kier molecular flexibility index (Phi) is 5.33. The fourth-order valence-corrected chi connectivity index (χ4v) is 3.07. The topological polar surface area (TPSA) is 52.7 Å².